The molecule has 0 radical (unpaired) electrons. The van der Waals surface area contributed by atoms with Crippen molar-refractivity contribution in [2.45, 2.75) is 26.3 Å². The molecule has 0 bridgehead atoms. The molecule has 0 saturated carbocycles. The molecule has 0 aliphatic rings. The number of aromatic amines is 1. The van der Waals surface area contributed by atoms with Gasteiger partial charge < -0.3 is 14.9 Å². The van der Waals surface area contributed by atoms with Gasteiger partial charge in [-0.15, -0.1) is 0 Å². The summed E-state index contributed by atoms with van der Waals surface area (Å²) >= 11 is 0. The molecule has 1 amide bonds. The molecule has 2 rings (SSSR count). The lowest BCUT2D eigenvalue weighted by atomic mass is 10.3. The van der Waals surface area contributed by atoms with Crippen LogP contribution in [0.2, 0.25) is 0 Å². The van der Waals surface area contributed by atoms with Gasteiger partial charge in [0.15, 0.2) is 0 Å². The minimum Gasteiger partial charge on any atom is -0.351 e. The summed E-state index contributed by atoms with van der Waals surface area (Å²) < 4.78 is 2.03. The van der Waals surface area contributed by atoms with Gasteiger partial charge in [-0.1, -0.05) is 0 Å². The summed E-state index contributed by atoms with van der Waals surface area (Å²) in [4.78, 5) is 22.5. The lowest BCUT2D eigenvalue weighted by Gasteiger charge is -2.04. The molecule has 0 unspecified atom stereocenters. The Hall–Kier alpha value is -2.11. The van der Waals surface area contributed by atoms with Crippen molar-refractivity contribution in [1.29, 1.82) is 0 Å². The first kappa shape index (κ1) is 12.3. The van der Waals surface area contributed by atoms with Crippen LogP contribution in [-0.4, -0.2) is 32.0 Å². The Kier molecular flexibility index (Phi) is 4.11. The molecule has 2 aromatic heterocycles. The van der Waals surface area contributed by atoms with E-state index in [1.165, 1.54) is 0 Å². The predicted molar refractivity (Wildman–Crippen MR) is 67.1 cm³/mol. The Morgan fingerprint density at radius 2 is 2.39 bits per heavy atom. The molecule has 6 heteroatoms. The predicted octanol–water partition coefficient (Wildman–Crippen LogP) is 1.12. The van der Waals surface area contributed by atoms with Crippen LogP contribution >= 0.6 is 0 Å². The average molecular weight is 247 g/mol. The fraction of sp³-hybridized carbons (Fsp3) is 0.417. The number of aryl methyl sites for hydroxylation is 2. The van der Waals surface area contributed by atoms with Crippen molar-refractivity contribution in [1.82, 2.24) is 24.8 Å². The van der Waals surface area contributed by atoms with Gasteiger partial charge in [-0.25, -0.2) is 9.97 Å². The Labute approximate surface area is 105 Å². The van der Waals surface area contributed by atoms with E-state index in [0.29, 0.717) is 12.2 Å². The molecule has 0 aromatic carbocycles. The third kappa shape index (κ3) is 3.44. The van der Waals surface area contributed by atoms with Crippen molar-refractivity contribution in [3.8, 4) is 0 Å². The van der Waals surface area contributed by atoms with Crippen molar-refractivity contribution >= 4 is 5.91 Å². The molecule has 0 atom stereocenters. The zero-order valence-corrected chi connectivity index (χ0v) is 10.4. The normalized spacial score (nSPS) is 10.5. The quantitative estimate of drug-likeness (QED) is 0.751. The number of aromatic nitrogens is 4. The molecule has 18 heavy (non-hydrogen) atoms. The summed E-state index contributed by atoms with van der Waals surface area (Å²) in [6.45, 7) is 3.42. The Morgan fingerprint density at radius 1 is 1.50 bits per heavy atom. The van der Waals surface area contributed by atoms with E-state index in [1.54, 1.807) is 18.7 Å². The van der Waals surface area contributed by atoms with Gasteiger partial charge in [-0.3, -0.25) is 4.79 Å². The summed E-state index contributed by atoms with van der Waals surface area (Å²) in [5, 5.41) is 2.86. The van der Waals surface area contributed by atoms with Crippen molar-refractivity contribution in [2.75, 3.05) is 6.54 Å². The number of nitrogens with one attached hydrogen (secondary N) is 2. The molecule has 0 aliphatic heterocycles. The molecular formula is C12H17N5O. The molecule has 0 fully saturated rings. The van der Waals surface area contributed by atoms with Gasteiger partial charge in [-0.05, 0) is 19.8 Å². The van der Waals surface area contributed by atoms with Crippen LogP contribution in [-0.2, 0) is 6.54 Å². The van der Waals surface area contributed by atoms with Crippen LogP contribution in [0.15, 0.2) is 24.9 Å². The maximum absolute atomic E-state index is 11.7. The van der Waals surface area contributed by atoms with Crippen LogP contribution in [0.25, 0.3) is 0 Å². The van der Waals surface area contributed by atoms with E-state index in [0.717, 1.165) is 25.2 Å². The third-order valence-electron chi connectivity index (χ3n) is 2.64. The second-order valence-electron chi connectivity index (χ2n) is 4.15. The number of imidazole rings is 2. The SMILES string of the molecule is Cc1ncc(C(=O)NCCCCn2ccnc2)[nH]1. The lowest BCUT2D eigenvalue weighted by molar-refractivity contribution is 0.0948. The first-order valence-corrected chi connectivity index (χ1v) is 6.01. The van der Waals surface area contributed by atoms with E-state index >= 15 is 0 Å². The van der Waals surface area contributed by atoms with Crippen LogP contribution < -0.4 is 5.32 Å². The number of carbonyl (C=O) groups excluding carboxylic acids is 1. The van der Waals surface area contributed by atoms with Gasteiger partial charge in [0.2, 0.25) is 0 Å². The highest BCUT2D eigenvalue weighted by Gasteiger charge is 2.06. The number of rotatable bonds is 6. The summed E-state index contributed by atoms with van der Waals surface area (Å²) in [5.74, 6) is 0.651. The minimum atomic E-state index is -0.0989. The van der Waals surface area contributed by atoms with Crippen molar-refractivity contribution < 1.29 is 4.79 Å². The number of unbranched alkanes of at least 4 members (excludes halogenated alkanes) is 1. The fourth-order valence-electron chi connectivity index (χ4n) is 1.67. The monoisotopic (exact) mass is 247 g/mol. The zero-order chi connectivity index (χ0) is 12.8. The summed E-state index contributed by atoms with van der Waals surface area (Å²) in [7, 11) is 0. The number of hydrogen-bond donors (Lipinski definition) is 2. The van der Waals surface area contributed by atoms with Gasteiger partial charge >= 0.3 is 0 Å². The maximum Gasteiger partial charge on any atom is 0.269 e. The average Bonchev–Trinajstić information content (AvgIpc) is 2.99. The molecule has 2 heterocycles. The lowest BCUT2D eigenvalue weighted by Crippen LogP contribution is -2.24. The highest BCUT2D eigenvalue weighted by molar-refractivity contribution is 5.92. The van der Waals surface area contributed by atoms with Crippen LogP contribution in [0.5, 0.6) is 0 Å². The molecule has 0 aliphatic carbocycles. The van der Waals surface area contributed by atoms with Gasteiger partial charge in [0.1, 0.15) is 11.5 Å². The number of H-pyrrole nitrogens is 1. The molecule has 2 aromatic rings. The van der Waals surface area contributed by atoms with Crippen LogP contribution in [0.4, 0.5) is 0 Å². The summed E-state index contributed by atoms with van der Waals surface area (Å²) in [6, 6.07) is 0. The van der Waals surface area contributed by atoms with Crippen molar-refractivity contribution in [2.24, 2.45) is 0 Å². The fourth-order valence-corrected chi connectivity index (χ4v) is 1.67. The Balaban J connectivity index is 1.62. The van der Waals surface area contributed by atoms with E-state index in [1.807, 2.05) is 17.7 Å². The van der Waals surface area contributed by atoms with Gasteiger partial charge in [0, 0.05) is 25.5 Å². The minimum absolute atomic E-state index is 0.0989. The Bertz CT molecular complexity index is 488. The molecular weight excluding hydrogens is 230 g/mol. The van der Waals surface area contributed by atoms with Gasteiger partial charge in [0.05, 0.1) is 12.5 Å². The van der Waals surface area contributed by atoms with Crippen molar-refractivity contribution in [3.63, 3.8) is 0 Å². The zero-order valence-electron chi connectivity index (χ0n) is 10.4. The van der Waals surface area contributed by atoms with Crippen LogP contribution in [0, 0.1) is 6.92 Å². The largest absolute Gasteiger partial charge is 0.351 e. The van der Waals surface area contributed by atoms with Crippen LogP contribution in [0.3, 0.4) is 0 Å². The van der Waals surface area contributed by atoms with Gasteiger partial charge in [-0.2, -0.15) is 0 Å². The van der Waals surface area contributed by atoms with Crippen LogP contribution in [0.1, 0.15) is 29.2 Å². The number of amides is 1. The standard InChI is InChI=1S/C12H17N5O/c1-10-15-8-11(16-10)12(18)14-4-2-3-6-17-7-5-13-9-17/h5,7-9H,2-4,6H2,1H3,(H,14,18)(H,15,16). The Morgan fingerprint density at radius 3 is 3.06 bits per heavy atom. The molecule has 6 nitrogen and oxygen atoms in total. The second kappa shape index (κ2) is 6.00. The summed E-state index contributed by atoms with van der Waals surface area (Å²) in [5.41, 5.74) is 0.516. The van der Waals surface area contributed by atoms with E-state index in [4.69, 9.17) is 0 Å². The second-order valence-corrected chi connectivity index (χ2v) is 4.15. The molecule has 0 saturated heterocycles. The number of nitrogens with zero attached hydrogens (tertiary/aromatic N) is 3. The topological polar surface area (TPSA) is 75.6 Å². The first-order chi connectivity index (χ1) is 8.75. The smallest absolute Gasteiger partial charge is 0.269 e. The van der Waals surface area contributed by atoms with E-state index in [9.17, 15) is 4.79 Å². The van der Waals surface area contributed by atoms with E-state index < -0.39 is 0 Å². The van der Waals surface area contributed by atoms with E-state index in [-0.39, 0.29) is 5.91 Å². The van der Waals surface area contributed by atoms with E-state index in [2.05, 4.69) is 20.3 Å². The van der Waals surface area contributed by atoms with Gasteiger partial charge in [0.25, 0.3) is 5.91 Å². The maximum atomic E-state index is 11.7. The highest BCUT2D eigenvalue weighted by Crippen LogP contribution is 1.97. The summed E-state index contributed by atoms with van der Waals surface area (Å²) in [6.07, 6.45) is 9.01. The molecule has 96 valence electrons. The molecule has 0 spiro atoms. The number of carbonyl (C=O) groups is 1. The first-order valence-electron chi connectivity index (χ1n) is 6.01. The highest BCUT2D eigenvalue weighted by atomic mass is 16.1. The van der Waals surface area contributed by atoms with Crippen molar-refractivity contribution in [3.05, 3.63) is 36.4 Å². The third-order valence-corrected chi connectivity index (χ3v) is 2.64. The number of hydrogen-bond acceptors (Lipinski definition) is 3. The molecule has 2 N–H and O–H groups in total.